The highest BCUT2D eigenvalue weighted by Crippen LogP contribution is 2.28. The fourth-order valence-electron chi connectivity index (χ4n) is 2.30. The van der Waals surface area contributed by atoms with E-state index in [0.29, 0.717) is 5.39 Å². The molecule has 0 N–H and O–H groups in total. The van der Waals surface area contributed by atoms with Crippen molar-refractivity contribution in [3.05, 3.63) is 42.2 Å². The molecular formula is C14H12FNO5S. The monoisotopic (exact) mass is 325 g/mol. The third-order valence-electron chi connectivity index (χ3n) is 3.38. The predicted molar refractivity (Wildman–Crippen MR) is 75.0 cm³/mol. The molecule has 1 aliphatic heterocycles. The Morgan fingerprint density at radius 2 is 2.18 bits per heavy atom. The zero-order valence-electron chi connectivity index (χ0n) is 11.5. The van der Waals surface area contributed by atoms with Gasteiger partial charge in [-0.2, -0.15) is 4.31 Å². The molecule has 0 spiro atoms. The number of methoxy groups -OCH3 is 1. The van der Waals surface area contributed by atoms with Gasteiger partial charge in [-0.05, 0) is 18.2 Å². The standard InChI is InChI=1S/C14H12FNO5S/c1-20-14(17)11-3-2-6-16(11)22(18,19)13-8-9-7-10(15)4-5-12(9)21-13/h2-5,7-8,11H,6H2,1H3/t11-/m0/s1. The minimum atomic E-state index is -4.04. The predicted octanol–water partition coefficient (Wildman–Crippen LogP) is 1.67. The van der Waals surface area contributed by atoms with Gasteiger partial charge in [0.2, 0.25) is 5.09 Å². The van der Waals surface area contributed by atoms with Crippen molar-refractivity contribution in [1.82, 2.24) is 4.31 Å². The highest BCUT2D eigenvalue weighted by molar-refractivity contribution is 7.89. The summed E-state index contributed by atoms with van der Waals surface area (Å²) in [4.78, 5) is 11.7. The molecule has 0 fully saturated rings. The van der Waals surface area contributed by atoms with E-state index in [-0.39, 0.29) is 17.2 Å². The molecule has 2 aromatic rings. The summed E-state index contributed by atoms with van der Waals surface area (Å²) in [6.07, 6.45) is 3.01. The second-order valence-electron chi connectivity index (χ2n) is 4.72. The van der Waals surface area contributed by atoms with E-state index in [0.717, 1.165) is 4.31 Å². The van der Waals surface area contributed by atoms with Crippen molar-refractivity contribution in [2.24, 2.45) is 0 Å². The van der Waals surface area contributed by atoms with Crippen molar-refractivity contribution in [1.29, 1.82) is 0 Å². The number of nitrogens with zero attached hydrogens (tertiary/aromatic N) is 1. The van der Waals surface area contributed by atoms with Crippen LogP contribution >= 0.6 is 0 Å². The third-order valence-corrected chi connectivity index (χ3v) is 5.08. The number of carbonyl (C=O) groups excluding carboxylic acids is 1. The average Bonchev–Trinajstić information content (AvgIpc) is 3.12. The molecule has 8 heteroatoms. The van der Waals surface area contributed by atoms with Crippen LogP contribution in [0.5, 0.6) is 0 Å². The number of carbonyl (C=O) groups is 1. The number of hydrogen-bond acceptors (Lipinski definition) is 5. The first kappa shape index (κ1) is 14.7. The number of rotatable bonds is 3. The molecule has 22 heavy (non-hydrogen) atoms. The van der Waals surface area contributed by atoms with Crippen LogP contribution in [0.4, 0.5) is 4.39 Å². The molecule has 2 heterocycles. The molecule has 1 aliphatic rings. The van der Waals surface area contributed by atoms with E-state index in [9.17, 15) is 17.6 Å². The van der Waals surface area contributed by atoms with Gasteiger partial charge in [0.05, 0.1) is 7.11 Å². The van der Waals surface area contributed by atoms with E-state index in [4.69, 9.17) is 4.42 Å². The van der Waals surface area contributed by atoms with Gasteiger partial charge in [0.15, 0.2) is 0 Å². The molecule has 6 nitrogen and oxygen atoms in total. The Labute approximate surface area is 125 Å². The molecule has 0 radical (unpaired) electrons. The summed E-state index contributed by atoms with van der Waals surface area (Å²) in [6, 6.07) is 3.92. The zero-order chi connectivity index (χ0) is 15.9. The molecule has 0 bridgehead atoms. The van der Waals surface area contributed by atoms with Crippen molar-refractivity contribution in [3.63, 3.8) is 0 Å². The number of benzene rings is 1. The Kier molecular flexibility index (Phi) is 3.50. The second-order valence-corrected chi connectivity index (χ2v) is 6.54. The van der Waals surface area contributed by atoms with Crippen LogP contribution in [0.15, 0.2) is 45.9 Å². The molecule has 0 saturated heterocycles. The molecular weight excluding hydrogens is 313 g/mol. The summed E-state index contributed by atoms with van der Waals surface area (Å²) >= 11 is 0. The smallest absolute Gasteiger partial charge is 0.328 e. The lowest BCUT2D eigenvalue weighted by atomic mass is 10.2. The van der Waals surface area contributed by atoms with Gasteiger partial charge in [0, 0.05) is 18.0 Å². The molecule has 116 valence electrons. The van der Waals surface area contributed by atoms with Crippen LogP contribution in [0, 0.1) is 5.82 Å². The Balaban J connectivity index is 2.02. The van der Waals surface area contributed by atoms with Gasteiger partial charge in [-0.15, -0.1) is 0 Å². The van der Waals surface area contributed by atoms with Crippen LogP contribution in [-0.2, 0) is 19.6 Å². The van der Waals surface area contributed by atoms with Gasteiger partial charge >= 0.3 is 5.97 Å². The van der Waals surface area contributed by atoms with Crippen LogP contribution in [0.2, 0.25) is 0 Å². The first-order valence-electron chi connectivity index (χ1n) is 6.39. The number of fused-ring (bicyclic) bond motifs is 1. The second kappa shape index (κ2) is 5.22. The lowest BCUT2D eigenvalue weighted by molar-refractivity contribution is -0.143. The molecule has 3 rings (SSSR count). The largest absolute Gasteiger partial charge is 0.468 e. The maximum absolute atomic E-state index is 13.2. The number of esters is 1. The summed E-state index contributed by atoms with van der Waals surface area (Å²) in [5, 5.41) is -0.00828. The molecule has 1 aromatic carbocycles. The molecule has 1 atom stereocenters. The highest BCUT2D eigenvalue weighted by atomic mass is 32.2. The highest BCUT2D eigenvalue weighted by Gasteiger charge is 2.39. The lowest BCUT2D eigenvalue weighted by Gasteiger charge is -2.20. The first-order chi connectivity index (χ1) is 10.4. The first-order valence-corrected chi connectivity index (χ1v) is 7.83. The fraction of sp³-hybridized carbons (Fsp3) is 0.214. The van der Waals surface area contributed by atoms with Gasteiger partial charge in [-0.1, -0.05) is 12.2 Å². The van der Waals surface area contributed by atoms with Crippen LogP contribution in [0.25, 0.3) is 11.0 Å². The van der Waals surface area contributed by atoms with Gasteiger partial charge in [0.1, 0.15) is 17.4 Å². The Hall–Kier alpha value is -2.19. The minimum Gasteiger partial charge on any atom is -0.468 e. The molecule has 0 amide bonds. The van der Waals surface area contributed by atoms with Gasteiger partial charge in [-0.25, -0.2) is 17.6 Å². The third kappa shape index (κ3) is 2.30. The van der Waals surface area contributed by atoms with E-state index in [1.165, 1.54) is 37.5 Å². The fourth-order valence-corrected chi connectivity index (χ4v) is 3.74. The molecule has 1 aromatic heterocycles. The summed E-state index contributed by atoms with van der Waals surface area (Å²) in [5.41, 5.74) is 0.252. The Morgan fingerprint density at radius 3 is 2.91 bits per heavy atom. The summed E-state index contributed by atoms with van der Waals surface area (Å²) < 4.78 is 49.2. The average molecular weight is 325 g/mol. The quantitative estimate of drug-likeness (QED) is 0.634. The molecule has 0 aliphatic carbocycles. The van der Waals surface area contributed by atoms with Crippen molar-refractivity contribution >= 4 is 27.0 Å². The SMILES string of the molecule is COC(=O)[C@@H]1C=CCN1S(=O)(=O)c1cc2cc(F)ccc2o1. The van der Waals surface area contributed by atoms with E-state index in [1.54, 1.807) is 6.08 Å². The number of hydrogen-bond donors (Lipinski definition) is 0. The van der Waals surface area contributed by atoms with Gasteiger partial charge < -0.3 is 9.15 Å². The van der Waals surface area contributed by atoms with Crippen molar-refractivity contribution in [2.45, 2.75) is 11.1 Å². The zero-order valence-corrected chi connectivity index (χ0v) is 12.3. The Bertz CT molecular complexity index is 870. The van der Waals surface area contributed by atoms with E-state index in [2.05, 4.69) is 4.74 Å². The van der Waals surface area contributed by atoms with Gasteiger partial charge in [-0.3, -0.25) is 0 Å². The van der Waals surface area contributed by atoms with Gasteiger partial charge in [0.25, 0.3) is 10.0 Å². The number of halogens is 1. The number of furan rings is 1. The summed E-state index contributed by atoms with van der Waals surface area (Å²) in [6.45, 7) is 0.0352. The lowest BCUT2D eigenvalue weighted by Crippen LogP contribution is -2.41. The molecule has 0 unspecified atom stereocenters. The molecule has 0 saturated carbocycles. The van der Waals surface area contributed by atoms with Crippen LogP contribution in [0.3, 0.4) is 0 Å². The van der Waals surface area contributed by atoms with Crippen molar-refractivity contribution < 1.29 is 26.8 Å². The van der Waals surface area contributed by atoms with E-state index in [1.807, 2.05) is 0 Å². The maximum Gasteiger partial charge on any atom is 0.328 e. The summed E-state index contributed by atoms with van der Waals surface area (Å²) in [7, 11) is -2.85. The number of ether oxygens (including phenoxy) is 1. The van der Waals surface area contributed by atoms with Crippen molar-refractivity contribution in [2.75, 3.05) is 13.7 Å². The minimum absolute atomic E-state index is 0.0352. The van der Waals surface area contributed by atoms with E-state index >= 15 is 0 Å². The number of sulfonamides is 1. The normalized spacial score (nSPS) is 18.9. The van der Waals surface area contributed by atoms with Crippen molar-refractivity contribution in [3.8, 4) is 0 Å². The summed E-state index contributed by atoms with van der Waals surface area (Å²) in [5.74, 6) is -1.17. The van der Waals surface area contributed by atoms with E-state index < -0.39 is 27.9 Å². The Morgan fingerprint density at radius 1 is 1.41 bits per heavy atom. The maximum atomic E-state index is 13.2. The van der Waals surface area contributed by atoms with Crippen LogP contribution in [-0.4, -0.2) is 38.4 Å². The van der Waals surface area contributed by atoms with Crippen LogP contribution in [0.1, 0.15) is 0 Å². The van der Waals surface area contributed by atoms with Crippen LogP contribution < -0.4 is 0 Å². The topological polar surface area (TPSA) is 76.8 Å².